The summed E-state index contributed by atoms with van der Waals surface area (Å²) >= 11 is 7.23. The SMILES string of the molecule is COCCN(CCC(=O)OC)Cc1cnc(Cl)s1. The molecule has 0 aromatic carbocycles. The van der Waals surface area contributed by atoms with Crippen molar-refractivity contribution < 1.29 is 14.3 Å². The summed E-state index contributed by atoms with van der Waals surface area (Å²) in [7, 11) is 3.05. The monoisotopic (exact) mass is 292 g/mol. The Hall–Kier alpha value is -0.690. The smallest absolute Gasteiger partial charge is 0.306 e. The van der Waals surface area contributed by atoms with Crippen molar-refractivity contribution in [2.75, 3.05) is 33.9 Å². The highest BCUT2D eigenvalue weighted by atomic mass is 35.5. The molecular weight excluding hydrogens is 276 g/mol. The van der Waals surface area contributed by atoms with E-state index in [1.165, 1.54) is 18.4 Å². The van der Waals surface area contributed by atoms with Crippen LogP contribution in [0.2, 0.25) is 4.47 Å². The fourth-order valence-electron chi connectivity index (χ4n) is 1.42. The Morgan fingerprint density at radius 3 is 2.83 bits per heavy atom. The number of nitrogens with zero attached hydrogens (tertiary/aromatic N) is 2. The summed E-state index contributed by atoms with van der Waals surface area (Å²) in [6, 6.07) is 0. The van der Waals surface area contributed by atoms with E-state index in [0.717, 1.165) is 11.4 Å². The van der Waals surface area contributed by atoms with E-state index in [1.807, 2.05) is 0 Å². The van der Waals surface area contributed by atoms with Crippen molar-refractivity contribution in [1.29, 1.82) is 0 Å². The van der Waals surface area contributed by atoms with Gasteiger partial charge < -0.3 is 9.47 Å². The van der Waals surface area contributed by atoms with Crippen LogP contribution in [0.4, 0.5) is 0 Å². The van der Waals surface area contributed by atoms with Crippen molar-refractivity contribution in [2.45, 2.75) is 13.0 Å². The molecule has 0 aliphatic rings. The number of rotatable bonds is 8. The zero-order valence-corrected chi connectivity index (χ0v) is 12.1. The van der Waals surface area contributed by atoms with E-state index in [4.69, 9.17) is 16.3 Å². The highest BCUT2D eigenvalue weighted by Gasteiger charge is 2.10. The van der Waals surface area contributed by atoms with Gasteiger partial charge in [-0.25, -0.2) is 4.98 Å². The number of ether oxygens (including phenoxy) is 2. The van der Waals surface area contributed by atoms with Crippen LogP contribution in [-0.4, -0.2) is 49.8 Å². The molecule has 0 saturated heterocycles. The van der Waals surface area contributed by atoms with Crippen molar-refractivity contribution in [2.24, 2.45) is 0 Å². The summed E-state index contributed by atoms with van der Waals surface area (Å²) in [5.74, 6) is -0.209. The second-order valence-electron chi connectivity index (χ2n) is 3.67. The zero-order valence-electron chi connectivity index (χ0n) is 10.5. The minimum absolute atomic E-state index is 0.209. The van der Waals surface area contributed by atoms with Gasteiger partial charge in [-0.3, -0.25) is 9.69 Å². The molecular formula is C11H17ClN2O3S. The molecule has 1 aromatic rings. The Morgan fingerprint density at radius 1 is 1.50 bits per heavy atom. The largest absolute Gasteiger partial charge is 0.469 e. The summed E-state index contributed by atoms with van der Waals surface area (Å²) < 4.78 is 10.2. The molecule has 102 valence electrons. The van der Waals surface area contributed by atoms with Gasteiger partial charge in [-0.2, -0.15) is 0 Å². The average Bonchev–Trinajstić information content (AvgIpc) is 2.77. The van der Waals surface area contributed by atoms with Gasteiger partial charge in [0.15, 0.2) is 4.47 Å². The van der Waals surface area contributed by atoms with Crippen LogP contribution < -0.4 is 0 Å². The summed E-state index contributed by atoms with van der Waals surface area (Å²) in [4.78, 5) is 18.3. The summed E-state index contributed by atoms with van der Waals surface area (Å²) in [6.07, 6.45) is 2.12. The molecule has 1 rings (SSSR count). The van der Waals surface area contributed by atoms with Gasteiger partial charge in [0.25, 0.3) is 0 Å². The lowest BCUT2D eigenvalue weighted by Gasteiger charge is -2.20. The van der Waals surface area contributed by atoms with Crippen LogP contribution in [0.3, 0.4) is 0 Å². The van der Waals surface area contributed by atoms with E-state index in [9.17, 15) is 4.79 Å². The van der Waals surface area contributed by atoms with E-state index in [1.54, 1.807) is 13.3 Å². The summed E-state index contributed by atoms with van der Waals surface area (Å²) in [5.41, 5.74) is 0. The van der Waals surface area contributed by atoms with Crippen molar-refractivity contribution in [1.82, 2.24) is 9.88 Å². The van der Waals surface area contributed by atoms with E-state index in [-0.39, 0.29) is 5.97 Å². The van der Waals surface area contributed by atoms with Crippen molar-refractivity contribution >= 4 is 28.9 Å². The summed E-state index contributed by atoms with van der Waals surface area (Å²) in [6.45, 7) is 2.72. The zero-order chi connectivity index (χ0) is 13.4. The Labute approximate surface area is 116 Å². The number of carbonyl (C=O) groups excluding carboxylic acids is 1. The van der Waals surface area contributed by atoms with Gasteiger partial charge >= 0.3 is 5.97 Å². The lowest BCUT2D eigenvalue weighted by atomic mass is 10.3. The third-order valence-electron chi connectivity index (χ3n) is 2.38. The molecule has 1 heterocycles. The minimum atomic E-state index is -0.209. The molecule has 7 heteroatoms. The molecule has 0 saturated carbocycles. The van der Waals surface area contributed by atoms with Crippen LogP contribution in [0.5, 0.6) is 0 Å². The van der Waals surface area contributed by atoms with E-state index in [2.05, 4.69) is 14.6 Å². The fraction of sp³-hybridized carbons (Fsp3) is 0.636. The second kappa shape index (κ2) is 8.42. The minimum Gasteiger partial charge on any atom is -0.469 e. The van der Waals surface area contributed by atoms with Gasteiger partial charge in [0.2, 0.25) is 0 Å². The maximum absolute atomic E-state index is 11.1. The first-order valence-corrected chi connectivity index (χ1v) is 6.73. The number of thiazole rings is 1. The Balaban J connectivity index is 2.46. The standard InChI is InChI=1S/C11H17ClN2O3S/c1-16-6-5-14(4-3-10(15)17-2)8-9-7-13-11(12)18-9/h7H,3-6,8H2,1-2H3. The Bertz CT molecular complexity index is 373. The predicted molar refractivity (Wildman–Crippen MR) is 70.9 cm³/mol. The Morgan fingerprint density at radius 2 is 2.28 bits per heavy atom. The molecule has 0 unspecified atom stereocenters. The van der Waals surface area contributed by atoms with Crippen LogP contribution in [0.15, 0.2) is 6.20 Å². The maximum Gasteiger partial charge on any atom is 0.306 e. The quantitative estimate of drug-likeness (QED) is 0.684. The molecule has 0 amide bonds. The van der Waals surface area contributed by atoms with E-state index in [0.29, 0.717) is 30.6 Å². The molecule has 0 radical (unpaired) electrons. The van der Waals surface area contributed by atoms with Gasteiger partial charge in [-0.1, -0.05) is 11.6 Å². The maximum atomic E-state index is 11.1. The first-order valence-electron chi connectivity index (χ1n) is 5.54. The number of methoxy groups -OCH3 is 2. The molecule has 0 atom stereocenters. The third kappa shape index (κ3) is 5.77. The molecule has 0 aliphatic carbocycles. The molecule has 0 spiro atoms. The molecule has 0 fully saturated rings. The summed E-state index contributed by atoms with van der Waals surface area (Å²) in [5, 5.41) is 0. The average molecular weight is 293 g/mol. The molecule has 0 aliphatic heterocycles. The topological polar surface area (TPSA) is 51.7 Å². The highest BCUT2D eigenvalue weighted by molar-refractivity contribution is 7.15. The number of aromatic nitrogens is 1. The van der Waals surface area contributed by atoms with Crippen LogP contribution in [0.1, 0.15) is 11.3 Å². The number of esters is 1. The number of hydrogen-bond donors (Lipinski definition) is 0. The number of hydrogen-bond acceptors (Lipinski definition) is 6. The van der Waals surface area contributed by atoms with Crippen LogP contribution in [0.25, 0.3) is 0 Å². The van der Waals surface area contributed by atoms with E-state index >= 15 is 0 Å². The van der Waals surface area contributed by atoms with Gasteiger partial charge in [-0.15, -0.1) is 11.3 Å². The first-order chi connectivity index (χ1) is 8.65. The van der Waals surface area contributed by atoms with Crippen LogP contribution in [-0.2, 0) is 20.8 Å². The molecule has 0 bridgehead atoms. The lowest BCUT2D eigenvalue weighted by Crippen LogP contribution is -2.29. The predicted octanol–water partition coefficient (Wildman–Crippen LogP) is 1.81. The van der Waals surface area contributed by atoms with Gasteiger partial charge in [0, 0.05) is 37.8 Å². The van der Waals surface area contributed by atoms with Crippen molar-refractivity contribution in [3.63, 3.8) is 0 Å². The third-order valence-corrected chi connectivity index (χ3v) is 3.48. The molecule has 1 aromatic heterocycles. The highest BCUT2D eigenvalue weighted by Crippen LogP contribution is 2.19. The number of halogens is 1. The van der Waals surface area contributed by atoms with Gasteiger partial charge in [-0.05, 0) is 0 Å². The fourth-order valence-corrected chi connectivity index (χ4v) is 2.44. The first kappa shape index (κ1) is 15.4. The Kier molecular flexibility index (Phi) is 7.19. The lowest BCUT2D eigenvalue weighted by molar-refractivity contribution is -0.141. The van der Waals surface area contributed by atoms with E-state index < -0.39 is 0 Å². The van der Waals surface area contributed by atoms with Crippen LogP contribution in [0, 0.1) is 0 Å². The molecule has 18 heavy (non-hydrogen) atoms. The second-order valence-corrected chi connectivity index (χ2v) is 5.37. The van der Waals surface area contributed by atoms with Gasteiger partial charge in [0.1, 0.15) is 0 Å². The van der Waals surface area contributed by atoms with Crippen molar-refractivity contribution in [3.8, 4) is 0 Å². The molecule has 0 N–H and O–H groups in total. The number of carbonyl (C=O) groups is 1. The van der Waals surface area contributed by atoms with Crippen LogP contribution >= 0.6 is 22.9 Å². The molecule has 5 nitrogen and oxygen atoms in total. The van der Waals surface area contributed by atoms with Gasteiger partial charge in [0.05, 0.1) is 20.1 Å². The normalized spacial score (nSPS) is 10.9. The van der Waals surface area contributed by atoms with Crippen molar-refractivity contribution in [3.05, 3.63) is 15.5 Å².